The van der Waals surface area contributed by atoms with Crippen molar-refractivity contribution in [1.82, 2.24) is 4.98 Å². The average Bonchev–Trinajstić information content (AvgIpc) is 2.73. The first-order valence-corrected chi connectivity index (χ1v) is 9.34. The highest BCUT2D eigenvalue weighted by molar-refractivity contribution is 6.37. The SMILES string of the molecule is O=[N+]([O-])c1ccc(COc2c(Cl)cc(/C=N\Nc3ncccc3[N+](=O)[O-])cc2Cl)cc1. The molecule has 12 heteroatoms. The number of nitrogens with one attached hydrogen (secondary N) is 1. The van der Waals surface area contributed by atoms with E-state index in [1.807, 2.05) is 0 Å². The Morgan fingerprint density at radius 3 is 2.35 bits per heavy atom. The standard InChI is InChI=1S/C19H13Cl2N5O5/c20-15-8-13(10-23-24-19-17(26(29)30)2-1-7-22-19)9-16(21)18(15)31-11-12-3-5-14(6-4-12)25(27)28/h1-10H,11H2,(H,22,24)/b23-10-. The average molecular weight is 462 g/mol. The third-order valence-corrected chi connectivity index (χ3v) is 4.48. The van der Waals surface area contributed by atoms with Crippen molar-refractivity contribution in [2.75, 3.05) is 5.43 Å². The van der Waals surface area contributed by atoms with E-state index in [1.165, 1.54) is 36.7 Å². The van der Waals surface area contributed by atoms with E-state index in [-0.39, 0.29) is 39.6 Å². The minimum atomic E-state index is -0.574. The van der Waals surface area contributed by atoms with Crippen molar-refractivity contribution in [2.24, 2.45) is 5.10 Å². The van der Waals surface area contributed by atoms with Gasteiger partial charge >= 0.3 is 5.69 Å². The molecule has 0 amide bonds. The number of nitro benzene ring substituents is 1. The van der Waals surface area contributed by atoms with Crippen molar-refractivity contribution in [3.8, 4) is 5.75 Å². The quantitative estimate of drug-likeness (QED) is 0.275. The van der Waals surface area contributed by atoms with Crippen molar-refractivity contribution in [1.29, 1.82) is 0 Å². The van der Waals surface area contributed by atoms with Gasteiger partial charge in [-0.15, -0.1) is 0 Å². The fraction of sp³-hybridized carbons (Fsp3) is 0.0526. The number of anilines is 1. The molecule has 0 aliphatic carbocycles. The molecule has 0 aliphatic heterocycles. The zero-order valence-electron chi connectivity index (χ0n) is 15.6. The van der Waals surface area contributed by atoms with Gasteiger partial charge in [-0.25, -0.2) is 4.98 Å². The number of ether oxygens (including phenoxy) is 1. The lowest BCUT2D eigenvalue weighted by atomic mass is 10.2. The number of hydrogen-bond acceptors (Lipinski definition) is 8. The van der Waals surface area contributed by atoms with Crippen LogP contribution in [0.15, 0.2) is 59.8 Å². The van der Waals surface area contributed by atoms with Gasteiger partial charge in [-0.3, -0.25) is 25.7 Å². The molecular weight excluding hydrogens is 449 g/mol. The lowest BCUT2D eigenvalue weighted by Crippen LogP contribution is -2.00. The number of benzene rings is 2. The summed E-state index contributed by atoms with van der Waals surface area (Å²) >= 11 is 12.5. The van der Waals surface area contributed by atoms with E-state index in [0.717, 1.165) is 0 Å². The van der Waals surface area contributed by atoms with Gasteiger partial charge in [0.05, 0.1) is 26.1 Å². The summed E-state index contributed by atoms with van der Waals surface area (Å²) in [5, 5.41) is 26.1. The molecule has 0 atom stereocenters. The van der Waals surface area contributed by atoms with Crippen LogP contribution in [0.25, 0.3) is 0 Å². The summed E-state index contributed by atoms with van der Waals surface area (Å²) < 4.78 is 5.65. The lowest BCUT2D eigenvalue weighted by molar-refractivity contribution is -0.384. The Labute approximate surface area is 185 Å². The van der Waals surface area contributed by atoms with Gasteiger partial charge in [0.25, 0.3) is 5.69 Å². The third-order valence-electron chi connectivity index (χ3n) is 3.92. The predicted molar refractivity (Wildman–Crippen MR) is 116 cm³/mol. The Bertz CT molecular complexity index is 1130. The Morgan fingerprint density at radius 2 is 1.74 bits per heavy atom. The van der Waals surface area contributed by atoms with Gasteiger partial charge in [0.1, 0.15) is 6.61 Å². The molecule has 0 spiro atoms. The Hall–Kier alpha value is -3.76. The molecule has 31 heavy (non-hydrogen) atoms. The van der Waals surface area contributed by atoms with E-state index in [4.69, 9.17) is 27.9 Å². The molecule has 1 N–H and O–H groups in total. The molecule has 10 nitrogen and oxygen atoms in total. The minimum Gasteiger partial charge on any atom is -0.486 e. The summed E-state index contributed by atoms with van der Waals surface area (Å²) in [6.07, 6.45) is 2.77. The predicted octanol–water partition coefficient (Wildman–Crippen LogP) is 5.23. The summed E-state index contributed by atoms with van der Waals surface area (Å²) in [6.45, 7) is 0.107. The van der Waals surface area contributed by atoms with Gasteiger partial charge in [0.2, 0.25) is 5.82 Å². The van der Waals surface area contributed by atoms with Gasteiger partial charge < -0.3 is 4.74 Å². The van der Waals surface area contributed by atoms with Crippen LogP contribution in [-0.4, -0.2) is 21.0 Å². The summed E-state index contributed by atoms with van der Waals surface area (Å²) in [4.78, 5) is 24.5. The molecule has 1 aromatic heterocycles. The topological polar surface area (TPSA) is 133 Å². The summed E-state index contributed by atoms with van der Waals surface area (Å²) in [6, 6.07) is 11.7. The molecule has 0 bridgehead atoms. The molecule has 0 radical (unpaired) electrons. The summed E-state index contributed by atoms with van der Waals surface area (Å²) in [5.74, 6) is 0.233. The second kappa shape index (κ2) is 9.83. The first-order chi connectivity index (χ1) is 14.8. The van der Waals surface area contributed by atoms with Gasteiger partial charge in [-0.2, -0.15) is 5.10 Å². The molecule has 2 aromatic carbocycles. The number of pyridine rings is 1. The van der Waals surface area contributed by atoms with Crippen molar-refractivity contribution in [3.05, 3.63) is 96.1 Å². The molecule has 0 aliphatic rings. The van der Waals surface area contributed by atoms with E-state index in [0.29, 0.717) is 11.1 Å². The zero-order chi connectivity index (χ0) is 22.4. The first-order valence-electron chi connectivity index (χ1n) is 8.59. The van der Waals surface area contributed by atoms with Crippen LogP contribution in [0.3, 0.4) is 0 Å². The molecular formula is C19H13Cl2N5O5. The van der Waals surface area contributed by atoms with Crippen molar-refractivity contribution < 1.29 is 14.6 Å². The second-order valence-electron chi connectivity index (χ2n) is 6.02. The zero-order valence-corrected chi connectivity index (χ0v) is 17.1. The molecule has 3 aromatic rings. The van der Waals surface area contributed by atoms with E-state index >= 15 is 0 Å². The Balaban J connectivity index is 1.68. The van der Waals surface area contributed by atoms with E-state index in [1.54, 1.807) is 24.3 Å². The number of nitro groups is 2. The number of aromatic nitrogens is 1. The van der Waals surface area contributed by atoms with Crippen LogP contribution in [0, 0.1) is 20.2 Å². The minimum absolute atomic E-state index is 0.0102. The van der Waals surface area contributed by atoms with Crippen LogP contribution in [0.4, 0.5) is 17.2 Å². The van der Waals surface area contributed by atoms with Crippen LogP contribution in [0.5, 0.6) is 5.75 Å². The molecule has 0 saturated heterocycles. The van der Waals surface area contributed by atoms with E-state index < -0.39 is 9.85 Å². The molecule has 0 unspecified atom stereocenters. The van der Waals surface area contributed by atoms with Crippen LogP contribution >= 0.6 is 23.2 Å². The Morgan fingerprint density at radius 1 is 1.06 bits per heavy atom. The van der Waals surface area contributed by atoms with E-state index in [2.05, 4.69) is 15.5 Å². The maximum absolute atomic E-state index is 11.0. The fourth-order valence-corrected chi connectivity index (χ4v) is 3.07. The van der Waals surface area contributed by atoms with Crippen LogP contribution in [0.2, 0.25) is 10.0 Å². The van der Waals surface area contributed by atoms with Crippen LogP contribution < -0.4 is 10.2 Å². The highest BCUT2D eigenvalue weighted by atomic mass is 35.5. The summed E-state index contributed by atoms with van der Waals surface area (Å²) in [5.41, 5.74) is 3.49. The van der Waals surface area contributed by atoms with Gasteiger partial charge in [0, 0.05) is 24.4 Å². The lowest BCUT2D eigenvalue weighted by Gasteiger charge is -2.11. The maximum atomic E-state index is 11.0. The molecule has 158 valence electrons. The molecule has 1 heterocycles. The highest BCUT2D eigenvalue weighted by Crippen LogP contribution is 2.34. The maximum Gasteiger partial charge on any atom is 0.313 e. The largest absolute Gasteiger partial charge is 0.486 e. The third kappa shape index (κ3) is 5.65. The van der Waals surface area contributed by atoms with Crippen molar-refractivity contribution >= 4 is 46.6 Å². The number of nitrogens with zero attached hydrogens (tertiary/aromatic N) is 4. The number of hydrogen-bond donors (Lipinski definition) is 1. The van der Waals surface area contributed by atoms with Crippen LogP contribution in [-0.2, 0) is 6.61 Å². The first kappa shape index (κ1) is 21.9. The van der Waals surface area contributed by atoms with Gasteiger partial charge in [-0.1, -0.05) is 23.2 Å². The Kier molecular flexibility index (Phi) is 6.96. The van der Waals surface area contributed by atoms with Crippen molar-refractivity contribution in [3.63, 3.8) is 0 Å². The fourth-order valence-electron chi connectivity index (χ4n) is 2.46. The number of halogens is 2. The van der Waals surface area contributed by atoms with E-state index in [9.17, 15) is 20.2 Å². The van der Waals surface area contributed by atoms with Crippen molar-refractivity contribution in [2.45, 2.75) is 6.61 Å². The van der Waals surface area contributed by atoms with Crippen LogP contribution in [0.1, 0.15) is 11.1 Å². The number of non-ortho nitro benzene ring substituents is 1. The number of hydrazone groups is 1. The molecule has 0 fully saturated rings. The highest BCUT2D eigenvalue weighted by Gasteiger charge is 2.13. The van der Waals surface area contributed by atoms with Gasteiger partial charge in [-0.05, 0) is 41.5 Å². The van der Waals surface area contributed by atoms with Gasteiger partial charge in [0.15, 0.2) is 5.75 Å². The molecule has 0 saturated carbocycles. The molecule has 3 rings (SSSR count). The summed E-state index contributed by atoms with van der Waals surface area (Å²) in [7, 11) is 0. The smallest absolute Gasteiger partial charge is 0.313 e. The normalized spacial score (nSPS) is 10.8. The monoisotopic (exact) mass is 461 g/mol. The number of rotatable bonds is 8. The second-order valence-corrected chi connectivity index (χ2v) is 6.84.